The maximum absolute atomic E-state index is 13.5. The van der Waals surface area contributed by atoms with Crippen molar-refractivity contribution in [2.75, 3.05) is 29.9 Å². The van der Waals surface area contributed by atoms with E-state index in [0.29, 0.717) is 25.3 Å². The lowest BCUT2D eigenvalue weighted by Crippen LogP contribution is -2.34. The van der Waals surface area contributed by atoms with Gasteiger partial charge in [-0.1, -0.05) is 6.07 Å². The van der Waals surface area contributed by atoms with Crippen LogP contribution in [0.2, 0.25) is 0 Å². The van der Waals surface area contributed by atoms with Crippen LogP contribution in [0.5, 0.6) is 0 Å². The summed E-state index contributed by atoms with van der Waals surface area (Å²) in [5, 5.41) is 4.87. The SMILES string of the molecule is O=C(NCC1CCN(c2ccc(F)c(F)c2)C1)Nc1cccc(F)c1F. The zero-order chi connectivity index (χ0) is 18.7. The van der Waals surface area contributed by atoms with Crippen molar-refractivity contribution >= 4 is 17.4 Å². The van der Waals surface area contributed by atoms with Crippen LogP contribution in [0.15, 0.2) is 36.4 Å². The van der Waals surface area contributed by atoms with Gasteiger partial charge in [0, 0.05) is 31.4 Å². The van der Waals surface area contributed by atoms with Crippen molar-refractivity contribution in [1.82, 2.24) is 5.32 Å². The van der Waals surface area contributed by atoms with Gasteiger partial charge in [-0.2, -0.15) is 0 Å². The van der Waals surface area contributed by atoms with E-state index >= 15 is 0 Å². The second kappa shape index (κ2) is 7.63. The van der Waals surface area contributed by atoms with Gasteiger partial charge in [-0.15, -0.1) is 0 Å². The van der Waals surface area contributed by atoms with Gasteiger partial charge in [0.1, 0.15) is 0 Å². The number of carbonyl (C=O) groups excluding carboxylic acids is 1. The Labute approximate surface area is 147 Å². The van der Waals surface area contributed by atoms with Crippen molar-refractivity contribution in [3.05, 3.63) is 59.7 Å². The Morgan fingerprint density at radius 3 is 2.65 bits per heavy atom. The number of carbonyl (C=O) groups is 1. The van der Waals surface area contributed by atoms with Gasteiger partial charge in [0.15, 0.2) is 23.3 Å². The van der Waals surface area contributed by atoms with E-state index in [1.807, 2.05) is 4.90 Å². The molecule has 138 valence electrons. The standard InChI is InChI=1S/C18H17F4N3O/c19-13-5-4-12(8-15(13)21)25-7-6-11(10-25)9-23-18(26)24-16-3-1-2-14(20)17(16)22/h1-5,8,11H,6-7,9-10H2,(H2,23,24,26). The molecule has 1 aliphatic heterocycles. The summed E-state index contributed by atoms with van der Waals surface area (Å²) >= 11 is 0. The fourth-order valence-electron chi connectivity index (χ4n) is 2.92. The van der Waals surface area contributed by atoms with Gasteiger partial charge in [-0.3, -0.25) is 0 Å². The maximum atomic E-state index is 13.5. The van der Waals surface area contributed by atoms with Gasteiger partial charge in [0.05, 0.1) is 5.69 Å². The molecule has 0 radical (unpaired) electrons. The third-order valence-electron chi connectivity index (χ3n) is 4.31. The van der Waals surface area contributed by atoms with Crippen LogP contribution >= 0.6 is 0 Å². The van der Waals surface area contributed by atoms with Crippen molar-refractivity contribution < 1.29 is 22.4 Å². The van der Waals surface area contributed by atoms with Crippen molar-refractivity contribution in [3.63, 3.8) is 0 Å². The molecule has 0 spiro atoms. The summed E-state index contributed by atoms with van der Waals surface area (Å²) in [7, 11) is 0. The quantitative estimate of drug-likeness (QED) is 0.806. The predicted molar refractivity (Wildman–Crippen MR) is 90.1 cm³/mol. The number of hydrogen-bond acceptors (Lipinski definition) is 2. The van der Waals surface area contributed by atoms with Crippen LogP contribution in [0.4, 0.5) is 33.7 Å². The van der Waals surface area contributed by atoms with Gasteiger partial charge in [0.25, 0.3) is 0 Å². The molecule has 1 fully saturated rings. The van der Waals surface area contributed by atoms with E-state index < -0.39 is 29.3 Å². The number of halogens is 4. The van der Waals surface area contributed by atoms with E-state index in [4.69, 9.17) is 0 Å². The average Bonchev–Trinajstić information content (AvgIpc) is 3.09. The van der Waals surface area contributed by atoms with Gasteiger partial charge < -0.3 is 15.5 Å². The number of anilines is 2. The Morgan fingerprint density at radius 1 is 1.08 bits per heavy atom. The molecular formula is C18H17F4N3O. The molecule has 0 aromatic heterocycles. The first-order chi connectivity index (χ1) is 12.4. The Bertz CT molecular complexity index is 815. The van der Waals surface area contributed by atoms with Crippen LogP contribution < -0.4 is 15.5 Å². The topological polar surface area (TPSA) is 44.4 Å². The van der Waals surface area contributed by atoms with E-state index in [2.05, 4.69) is 10.6 Å². The number of benzene rings is 2. The molecule has 2 aromatic carbocycles. The molecule has 1 unspecified atom stereocenters. The van der Waals surface area contributed by atoms with Crippen LogP contribution in [-0.2, 0) is 0 Å². The van der Waals surface area contributed by atoms with Crippen LogP contribution in [0.3, 0.4) is 0 Å². The Morgan fingerprint density at radius 2 is 1.88 bits per heavy atom. The summed E-state index contributed by atoms with van der Waals surface area (Å²) < 4.78 is 53.0. The highest BCUT2D eigenvalue weighted by Crippen LogP contribution is 2.25. The lowest BCUT2D eigenvalue weighted by molar-refractivity contribution is 0.250. The van der Waals surface area contributed by atoms with Gasteiger partial charge >= 0.3 is 6.03 Å². The van der Waals surface area contributed by atoms with Crippen LogP contribution in [0, 0.1) is 29.2 Å². The molecule has 1 saturated heterocycles. The largest absolute Gasteiger partial charge is 0.371 e. The summed E-state index contributed by atoms with van der Waals surface area (Å²) in [5.74, 6) is -3.85. The van der Waals surface area contributed by atoms with Crippen molar-refractivity contribution in [2.24, 2.45) is 5.92 Å². The van der Waals surface area contributed by atoms with Crippen molar-refractivity contribution in [2.45, 2.75) is 6.42 Å². The van der Waals surface area contributed by atoms with Crippen molar-refractivity contribution in [1.29, 1.82) is 0 Å². The molecule has 1 atom stereocenters. The van der Waals surface area contributed by atoms with Gasteiger partial charge in [-0.05, 0) is 36.6 Å². The molecule has 1 heterocycles. The Kier molecular flexibility index (Phi) is 5.29. The Hall–Kier alpha value is -2.77. The molecule has 2 aromatic rings. The fourth-order valence-corrected chi connectivity index (χ4v) is 2.92. The van der Waals surface area contributed by atoms with E-state index in [1.165, 1.54) is 18.2 Å². The molecule has 26 heavy (non-hydrogen) atoms. The second-order valence-electron chi connectivity index (χ2n) is 6.14. The fraction of sp³-hybridized carbons (Fsp3) is 0.278. The summed E-state index contributed by atoms with van der Waals surface area (Å²) in [6.45, 7) is 1.54. The predicted octanol–water partition coefficient (Wildman–Crippen LogP) is 3.89. The third kappa shape index (κ3) is 4.07. The van der Waals surface area contributed by atoms with E-state index in [-0.39, 0.29) is 11.6 Å². The highest BCUT2D eigenvalue weighted by Gasteiger charge is 2.24. The number of amides is 2. The van der Waals surface area contributed by atoms with Crippen LogP contribution in [-0.4, -0.2) is 25.7 Å². The van der Waals surface area contributed by atoms with Gasteiger partial charge in [0.2, 0.25) is 0 Å². The first-order valence-corrected chi connectivity index (χ1v) is 8.13. The molecule has 8 heteroatoms. The minimum absolute atomic E-state index is 0.103. The van der Waals surface area contributed by atoms with Crippen LogP contribution in [0.25, 0.3) is 0 Å². The van der Waals surface area contributed by atoms with Crippen molar-refractivity contribution in [3.8, 4) is 0 Å². The summed E-state index contributed by atoms with van der Waals surface area (Å²) in [6.07, 6.45) is 0.758. The second-order valence-corrected chi connectivity index (χ2v) is 6.14. The number of urea groups is 1. The molecule has 3 rings (SSSR count). The average molecular weight is 367 g/mol. The zero-order valence-electron chi connectivity index (χ0n) is 13.7. The lowest BCUT2D eigenvalue weighted by Gasteiger charge is -2.19. The number of nitrogens with zero attached hydrogens (tertiary/aromatic N) is 1. The summed E-state index contributed by atoms with van der Waals surface area (Å²) in [6, 6.07) is 6.61. The molecule has 2 N–H and O–H groups in total. The summed E-state index contributed by atoms with van der Waals surface area (Å²) in [4.78, 5) is 13.8. The monoisotopic (exact) mass is 367 g/mol. The zero-order valence-corrected chi connectivity index (χ0v) is 13.7. The molecule has 0 aliphatic carbocycles. The smallest absolute Gasteiger partial charge is 0.319 e. The molecule has 4 nitrogen and oxygen atoms in total. The highest BCUT2D eigenvalue weighted by atomic mass is 19.2. The number of rotatable bonds is 4. The number of nitrogens with one attached hydrogen (secondary N) is 2. The van der Waals surface area contributed by atoms with E-state index in [9.17, 15) is 22.4 Å². The van der Waals surface area contributed by atoms with Crippen LogP contribution in [0.1, 0.15) is 6.42 Å². The molecule has 0 bridgehead atoms. The lowest BCUT2D eigenvalue weighted by atomic mass is 10.1. The van der Waals surface area contributed by atoms with E-state index in [1.54, 1.807) is 0 Å². The molecule has 0 saturated carbocycles. The van der Waals surface area contributed by atoms with Gasteiger partial charge in [-0.25, -0.2) is 22.4 Å². The minimum Gasteiger partial charge on any atom is -0.371 e. The Balaban J connectivity index is 1.50. The first kappa shape index (κ1) is 18.0. The normalized spacial score (nSPS) is 16.6. The summed E-state index contributed by atoms with van der Waals surface area (Å²) in [5.41, 5.74) is 0.343. The third-order valence-corrected chi connectivity index (χ3v) is 4.31. The highest BCUT2D eigenvalue weighted by molar-refractivity contribution is 5.89. The molecule has 2 amide bonds. The first-order valence-electron chi connectivity index (χ1n) is 8.13. The maximum Gasteiger partial charge on any atom is 0.319 e. The minimum atomic E-state index is -1.12. The number of hydrogen-bond donors (Lipinski definition) is 2. The van der Waals surface area contributed by atoms with E-state index in [0.717, 1.165) is 24.6 Å². The molecular weight excluding hydrogens is 350 g/mol. The molecule has 1 aliphatic rings.